The van der Waals surface area contributed by atoms with Crippen molar-refractivity contribution in [1.82, 2.24) is 4.98 Å². The average molecular weight is 231 g/mol. The van der Waals surface area contributed by atoms with Crippen LogP contribution in [0.15, 0.2) is 18.3 Å². The highest BCUT2D eigenvalue weighted by Crippen LogP contribution is 2.27. The molecule has 0 saturated heterocycles. The molecule has 0 fully saturated rings. The maximum Gasteiger partial charge on any atom is 0.367 e. The summed E-state index contributed by atoms with van der Waals surface area (Å²) in [6, 6.07) is 3.37. The van der Waals surface area contributed by atoms with E-state index < -0.39 is 4.92 Å². The van der Waals surface area contributed by atoms with Gasteiger partial charge in [-0.15, -0.1) is 0 Å². The first-order valence-electron chi connectivity index (χ1n) is 3.36. The highest BCUT2D eigenvalue weighted by molar-refractivity contribution is 9.09. The van der Waals surface area contributed by atoms with E-state index >= 15 is 0 Å². The molecular formula is C7H7BrN2O2. The van der Waals surface area contributed by atoms with E-state index in [1.54, 1.807) is 12.1 Å². The van der Waals surface area contributed by atoms with Crippen molar-refractivity contribution in [2.24, 2.45) is 0 Å². The Hall–Kier alpha value is -0.970. The van der Waals surface area contributed by atoms with Gasteiger partial charge in [0.2, 0.25) is 0 Å². The van der Waals surface area contributed by atoms with Crippen LogP contribution < -0.4 is 0 Å². The summed E-state index contributed by atoms with van der Waals surface area (Å²) in [4.78, 5) is 13.6. The summed E-state index contributed by atoms with van der Waals surface area (Å²) in [7, 11) is 0. The molecule has 0 amide bonds. The van der Waals surface area contributed by atoms with Crippen molar-refractivity contribution in [1.29, 1.82) is 0 Å². The Morgan fingerprint density at radius 3 is 2.83 bits per heavy atom. The molecule has 1 aromatic heterocycles. The minimum absolute atomic E-state index is 0.0494. The topological polar surface area (TPSA) is 56.0 Å². The maximum absolute atomic E-state index is 10.4. The lowest BCUT2D eigenvalue weighted by atomic mass is 10.2. The molecule has 1 unspecified atom stereocenters. The lowest BCUT2D eigenvalue weighted by molar-refractivity contribution is -0.390. The standard InChI is InChI=1S/C7H7BrN2O2/c1-5(8)6-3-2-4-9-7(6)10(11)12/h2-5H,1H3. The Balaban J connectivity index is 3.17. The second kappa shape index (κ2) is 3.62. The number of nitrogens with zero attached hydrogens (tertiary/aromatic N) is 2. The van der Waals surface area contributed by atoms with Crippen molar-refractivity contribution >= 4 is 21.7 Å². The lowest BCUT2D eigenvalue weighted by Crippen LogP contribution is -1.97. The molecule has 0 spiro atoms. The van der Waals surface area contributed by atoms with Crippen LogP contribution in [0.25, 0.3) is 0 Å². The van der Waals surface area contributed by atoms with Gasteiger partial charge in [0.15, 0.2) is 0 Å². The zero-order valence-electron chi connectivity index (χ0n) is 6.40. The van der Waals surface area contributed by atoms with E-state index in [4.69, 9.17) is 0 Å². The molecule has 0 aliphatic heterocycles. The van der Waals surface area contributed by atoms with E-state index in [2.05, 4.69) is 20.9 Å². The predicted octanol–water partition coefficient (Wildman–Crippen LogP) is 2.45. The number of hydrogen-bond donors (Lipinski definition) is 0. The van der Waals surface area contributed by atoms with Crippen LogP contribution >= 0.6 is 15.9 Å². The minimum Gasteiger partial charge on any atom is -0.358 e. The van der Waals surface area contributed by atoms with Crippen molar-refractivity contribution in [2.45, 2.75) is 11.8 Å². The monoisotopic (exact) mass is 230 g/mol. The van der Waals surface area contributed by atoms with Crippen LogP contribution in [0.1, 0.15) is 17.3 Å². The smallest absolute Gasteiger partial charge is 0.358 e. The van der Waals surface area contributed by atoms with Crippen molar-refractivity contribution < 1.29 is 4.92 Å². The Morgan fingerprint density at radius 1 is 1.75 bits per heavy atom. The van der Waals surface area contributed by atoms with Crippen LogP contribution in [0, 0.1) is 10.1 Å². The molecule has 1 atom stereocenters. The van der Waals surface area contributed by atoms with Crippen LogP contribution in [0.3, 0.4) is 0 Å². The van der Waals surface area contributed by atoms with Crippen molar-refractivity contribution in [3.8, 4) is 0 Å². The third-order valence-electron chi connectivity index (χ3n) is 1.42. The second-order valence-electron chi connectivity index (χ2n) is 2.29. The zero-order chi connectivity index (χ0) is 9.14. The van der Waals surface area contributed by atoms with Gasteiger partial charge in [-0.25, -0.2) is 0 Å². The Kier molecular flexibility index (Phi) is 2.75. The number of hydrogen-bond acceptors (Lipinski definition) is 3. The summed E-state index contributed by atoms with van der Waals surface area (Å²) in [5.74, 6) is -0.0816. The maximum atomic E-state index is 10.4. The third-order valence-corrected chi connectivity index (χ3v) is 1.91. The molecule has 1 rings (SSSR count). The first kappa shape index (κ1) is 9.12. The fourth-order valence-corrected chi connectivity index (χ4v) is 1.23. The summed E-state index contributed by atoms with van der Waals surface area (Å²) in [6.07, 6.45) is 1.41. The van der Waals surface area contributed by atoms with E-state index in [-0.39, 0.29) is 10.6 Å². The Labute approximate surface area is 77.9 Å². The van der Waals surface area contributed by atoms with Crippen molar-refractivity contribution in [2.75, 3.05) is 0 Å². The number of rotatable bonds is 2. The largest absolute Gasteiger partial charge is 0.367 e. The molecule has 0 saturated carbocycles. The number of halogens is 1. The van der Waals surface area contributed by atoms with Gasteiger partial charge in [0.05, 0.1) is 5.56 Å². The number of aromatic nitrogens is 1. The second-order valence-corrected chi connectivity index (χ2v) is 3.66. The van der Waals surface area contributed by atoms with Gasteiger partial charge in [-0.1, -0.05) is 15.9 Å². The Morgan fingerprint density at radius 2 is 2.42 bits per heavy atom. The van der Waals surface area contributed by atoms with Crippen LogP contribution in [0.2, 0.25) is 0 Å². The van der Waals surface area contributed by atoms with Crippen molar-refractivity contribution in [3.63, 3.8) is 0 Å². The highest BCUT2D eigenvalue weighted by atomic mass is 79.9. The summed E-state index contributed by atoms with van der Waals surface area (Å²) in [5, 5.41) is 10.4. The Bertz CT molecular complexity index is 301. The van der Waals surface area contributed by atoms with Gasteiger partial charge < -0.3 is 10.1 Å². The average Bonchev–Trinajstić information content (AvgIpc) is 2.04. The molecule has 1 heterocycles. The molecule has 0 aliphatic rings. The third kappa shape index (κ3) is 1.79. The normalized spacial score (nSPS) is 12.5. The van der Waals surface area contributed by atoms with Crippen LogP contribution in [-0.2, 0) is 0 Å². The molecule has 64 valence electrons. The zero-order valence-corrected chi connectivity index (χ0v) is 7.98. The van der Waals surface area contributed by atoms with Gasteiger partial charge in [-0.05, 0) is 29.0 Å². The van der Waals surface area contributed by atoms with Gasteiger partial charge in [0.25, 0.3) is 0 Å². The number of alkyl halides is 1. The predicted molar refractivity (Wildman–Crippen MR) is 48.2 cm³/mol. The molecule has 5 heteroatoms. The molecule has 0 aliphatic carbocycles. The van der Waals surface area contributed by atoms with Crippen LogP contribution in [0.5, 0.6) is 0 Å². The molecule has 12 heavy (non-hydrogen) atoms. The lowest BCUT2D eigenvalue weighted by Gasteiger charge is -2.02. The fraction of sp³-hybridized carbons (Fsp3) is 0.286. The SMILES string of the molecule is CC(Br)c1cccnc1[N+](=O)[O-]. The van der Waals surface area contributed by atoms with Gasteiger partial charge in [0.1, 0.15) is 6.20 Å². The number of nitro groups is 1. The molecule has 0 bridgehead atoms. The summed E-state index contributed by atoms with van der Waals surface area (Å²) < 4.78 is 0. The molecule has 0 radical (unpaired) electrons. The molecule has 4 nitrogen and oxygen atoms in total. The minimum atomic E-state index is -0.479. The summed E-state index contributed by atoms with van der Waals surface area (Å²) in [5.41, 5.74) is 0.600. The van der Waals surface area contributed by atoms with E-state index in [1.807, 2.05) is 6.92 Å². The van der Waals surface area contributed by atoms with Gasteiger partial charge in [-0.3, -0.25) is 0 Å². The van der Waals surface area contributed by atoms with Crippen LogP contribution in [0.4, 0.5) is 5.82 Å². The van der Waals surface area contributed by atoms with E-state index in [0.29, 0.717) is 5.56 Å². The van der Waals surface area contributed by atoms with Crippen molar-refractivity contribution in [3.05, 3.63) is 34.0 Å². The van der Waals surface area contributed by atoms with Crippen LogP contribution in [-0.4, -0.2) is 9.91 Å². The van der Waals surface area contributed by atoms with E-state index in [0.717, 1.165) is 0 Å². The molecule has 0 aromatic carbocycles. The van der Waals surface area contributed by atoms with Gasteiger partial charge >= 0.3 is 5.82 Å². The molecule has 0 N–H and O–H groups in total. The van der Waals surface area contributed by atoms with Gasteiger partial charge in [0, 0.05) is 4.83 Å². The van der Waals surface area contributed by atoms with E-state index in [9.17, 15) is 10.1 Å². The first-order valence-corrected chi connectivity index (χ1v) is 4.28. The highest BCUT2D eigenvalue weighted by Gasteiger charge is 2.16. The molecular weight excluding hydrogens is 224 g/mol. The van der Waals surface area contributed by atoms with E-state index in [1.165, 1.54) is 6.20 Å². The summed E-state index contributed by atoms with van der Waals surface area (Å²) in [6.45, 7) is 1.82. The fourth-order valence-electron chi connectivity index (χ4n) is 0.872. The first-order chi connectivity index (χ1) is 5.63. The summed E-state index contributed by atoms with van der Waals surface area (Å²) >= 11 is 3.26. The quantitative estimate of drug-likeness (QED) is 0.446. The molecule has 1 aromatic rings. The number of pyridine rings is 1. The van der Waals surface area contributed by atoms with Gasteiger partial charge in [-0.2, -0.15) is 0 Å².